The monoisotopic (exact) mass is 574 g/mol. The number of aliphatic hydroxyl groups excluding tert-OH is 1. The van der Waals surface area contributed by atoms with E-state index in [1.54, 1.807) is 17.0 Å². The summed E-state index contributed by atoms with van der Waals surface area (Å²) in [7, 11) is -1.95. The average Bonchev–Trinajstić information content (AvgIpc) is 3.15. The summed E-state index contributed by atoms with van der Waals surface area (Å²) < 4.78 is 11.9. The van der Waals surface area contributed by atoms with Gasteiger partial charge in [0, 0.05) is 6.54 Å². The lowest BCUT2D eigenvalue weighted by Gasteiger charge is -2.36. The second kappa shape index (κ2) is 12.8. The van der Waals surface area contributed by atoms with E-state index in [0.29, 0.717) is 27.4 Å². The summed E-state index contributed by atoms with van der Waals surface area (Å²) in [5.74, 6) is 0.359. The number of aliphatic imine (C=N–C) groups is 1. The van der Waals surface area contributed by atoms with Gasteiger partial charge in [0.15, 0.2) is 13.5 Å². The lowest BCUT2D eigenvalue weighted by molar-refractivity contribution is -0.113. The van der Waals surface area contributed by atoms with Gasteiger partial charge >= 0.3 is 0 Å². The number of ether oxygens (including phenoxy) is 1. The van der Waals surface area contributed by atoms with Crippen molar-refractivity contribution in [3.63, 3.8) is 0 Å². The van der Waals surface area contributed by atoms with Crippen LogP contribution in [0.5, 0.6) is 5.75 Å². The molecule has 1 fully saturated rings. The maximum Gasteiger partial charge on any atom is 0.271 e. The van der Waals surface area contributed by atoms with Crippen LogP contribution in [0.4, 0.5) is 5.69 Å². The third kappa shape index (κ3) is 7.51. The Bertz CT molecular complexity index is 1210. The van der Waals surface area contributed by atoms with Crippen molar-refractivity contribution in [3.8, 4) is 5.75 Å². The standard InChI is InChI=1S/C29H39ClN2O4SSi/c1-8-15-31-28-32(24-12-10-9-11-20(24)2)27(34)26(37-28)17-21-13-14-25(23(30)16-21)35-18-22(33)19-36-38(6,7)29(3,4)5/h9-14,16-17,22,33H,8,15,18-19H2,1-7H3/b26-17-,31-28?. The Balaban J connectivity index is 1.71. The highest BCUT2D eigenvalue weighted by Crippen LogP contribution is 2.38. The second-order valence-electron chi connectivity index (χ2n) is 10.9. The molecule has 0 aliphatic carbocycles. The number of thioether (sulfide) groups is 1. The molecule has 206 valence electrons. The predicted octanol–water partition coefficient (Wildman–Crippen LogP) is 7.30. The van der Waals surface area contributed by atoms with Crippen molar-refractivity contribution in [3.05, 3.63) is 63.5 Å². The number of nitrogens with zero attached hydrogens (tertiary/aromatic N) is 2. The van der Waals surface area contributed by atoms with Crippen molar-refractivity contribution in [2.24, 2.45) is 4.99 Å². The van der Waals surface area contributed by atoms with Gasteiger partial charge in [-0.2, -0.15) is 0 Å². The van der Waals surface area contributed by atoms with Crippen LogP contribution in [0.15, 0.2) is 52.4 Å². The van der Waals surface area contributed by atoms with Crippen molar-refractivity contribution in [2.75, 3.05) is 24.7 Å². The lowest BCUT2D eigenvalue weighted by atomic mass is 10.1. The van der Waals surface area contributed by atoms with E-state index in [9.17, 15) is 9.90 Å². The van der Waals surface area contributed by atoms with E-state index in [0.717, 1.165) is 23.2 Å². The quantitative estimate of drug-likeness (QED) is 0.238. The number of carbonyl (C=O) groups is 1. The molecule has 1 saturated heterocycles. The largest absolute Gasteiger partial charge is 0.489 e. The predicted molar refractivity (Wildman–Crippen MR) is 163 cm³/mol. The summed E-state index contributed by atoms with van der Waals surface area (Å²) in [6, 6.07) is 13.2. The zero-order chi connectivity index (χ0) is 28.1. The number of rotatable bonds is 10. The molecule has 0 aromatic heterocycles. The zero-order valence-electron chi connectivity index (χ0n) is 23.4. The maximum atomic E-state index is 13.4. The lowest BCUT2D eigenvalue weighted by Crippen LogP contribution is -2.43. The number of anilines is 1. The van der Waals surface area contributed by atoms with E-state index in [4.69, 9.17) is 20.8 Å². The first-order valence-corrected chi connectivity index (χ1v) is 17.0. The molecule has 9 heteroatoms. The Morgan fingerprint density at radius 1 is 1.18 bits per heavy atom. The van der Waals surface area contributed by atoms with E-state index in [-0.39, 0.29) is 24.2 Å². The number of aryl methyl sites for hydroxylation is 1. The molecule has 2 aromatic rings. The normalized spacial score (nSPS) is 17.5. The molecule has 2 aromatic carbocycles. The maximum absolute atomic E-state index is 13.4. The number of halogens is 1. The summed E-state index contributed by atoms with van der Waals surface area (Å²) >= 11 is 7.87. The van der Waals surface area contributed by atoms with Gasteiger partial charge < -0.3 is 14.3 Å². The molecule has 38 heavy (non-hydrogen) atoms. The van der Waals surface area contributed by atoms with Gasteiger partial charge in [0.1, 0.15) is 18.5 Å². The molecule has 1 heterocycles. The van der Waals surface area contributed by atoms with Gasteiger partial charge in [0.05, 0.1) is 22.2 Å². The van der Waals surface area contributed by atoms with E-state index in [1.807, 2.05) is 43.3 Å². The van der Waals surface area contributed by atoms with Gasteiger partial charge in [-0.3, -0.25) is 14.7 Å². The van der Waals surface area contributed by atoms with Crippen LogP contribution in [0.25, 0.3) is 6.08 Å². The van der Waals surface area contributed by atoms with Gasteiger partial charge in [-0.05, 0) is 78.6 Å². The summed E-state index contributed by atoms with van der Waals surface area (Å²) in [5, 5.41) is 11.5. The third-order valence-corrected chi connectivity index (χ3v) is 12.6. The van der Waals surface area contributed by atoms with Crippen LogP contribution in [0.1, 0.15) is 45.2 Å². The van der Waals surface area contributed by atoms with E-state index in [2.05, 4.69) is 45.8 Å². The first-order valence-electron chi connectivity index (χ1n) is 12.9. The van der Waals surface area contributed by atoms with Crippen LogP contribution in [0.3, 0.4) is 0 Å². The first kappa shape index (κ1) is 30.4. The van der Waals surface area contributed by atoms with Crippen LogP contribution in [-0.2, 0) is 9.22 Å². The average molecular weight is 575 g/mol. The molecule has 0 radical (unpaired) electrons. The summed E-state index contributed by atoms with van der Waals surface area (Å²) in [6.45, 7) is 15.8. The molecule has 6 nitrogen and oxygen atoms in total. The molecule has 1 atom stereocenters. The topological polar surface area (TPSA) is 71.4 Å². The molecular weight excluding hydrogens is 536 g/mol. The molecule has 1 amide bonds. The Kier molecular flexibility index (Phi) is 10.3. The fraction of sp³-hybridized carbons (Fsp3) is 0.448. The number of hydrogen-bond acceptors (Lipinski definition) is 6. The van der Waals surface area contributed by atoms with E-state index in [1.165, 1.54) is 11.8 Å². The van der Waals surface area contributed by atoms with Gasteiger partial charge in [-0.15, -0.1) is 0 Å². The molecule has 1 N–H and O–H groups in total. The zero-order valence-corrected chi connectivity index (χ0v) is 25.9. The van der Waals surface area contributed by atoms with Crippen LogP contribution in [-0.4, -0.2) is 50.4 Å². The number of benzene rings is 2. The number of amidine groups is 1. The molecule has 0 bridgehead atoms. The number of aliphatic hydroxyl groups is 1. The highest BCUT2D eigenvalue weighted by Gasteiger charge is 2.37. The first-order chi connectivity index (χ1) is 17.8. The Hall–Kier alpha value is -2.10. The smallest absolute Gasteiger partial charge is 0.271 e. The van der Waals surface area contributed by atoms with Crippen molar-refractivity contribution in [1.29, 1.82) is 0 Å². The minimum Gasteiger partial charge on any atom is -0.489 e. The number of para-hydroxylation sites is 1. The Morgan fingerprint density at radius 2 is 1.89 bits per heavy atom. The van der Waals surface area contributed by atoms with Crippen molar-refractivity contribution in [2.45, 2.75) is 65.3 Å². The van der Waals surface area contributed by atoms with Crippen LogP contribution in [0.2, 0.25) is 23.2 Å². The third-order valence-electron chi connectivity index (χ3n) is 6.76. The number of hydrogen-bond donors (Lipinski definition) is 1. The summed E-state index contributed by atoms with van der Waals surface area (Å²) in [6.07, 6.45) is 1.96. The molecule has 1 unspecified atom stereocenters. The minimum absolute atomic E-state index is 0.0692. The van der Waals surface area contributed by atoms with E-state index >= 15 is 0 Å². The van der Waals surface area contributed by atoms with Crippen LogP contribution in [0, 0.1) is 6.92 Å². The van der Waals surface area contributed by atoms with Crippen molar-refractivity contribution >= 4 is 54.5 Å². The molecular formula is C29H39ClN2O4SSi. The van der Waals surface area contributed by atoms with Crippen LogP contribution >= 0.6 is 23.4 Å². The van der Waals surface area contributed by atoms with Gasteiger partial charge in [-0.1, -0.05) is 63.6 Å². The molecule has 1 aliphatic rings. The van der Waals surface area contributed by atoms with Gasteiger partial charge in [0.25, 0.3) is 5.91 Å². The van der Waals surface area contributed by atoms with Crippen molar-refractivity contribution < 1.29 is 19.1 Å². The Labute approximate surface area is 237 Å². The minimum atomic E-state index is -1.95. The highest BCUT2D eigenvalue weighted by molar-refractivity contribution is 8.19. The molecule has 3 rings (SSSR count). The molecule has 1 aliphatic heterocycles. The summed E-state index contributed by atoms with van der Waals surface area (Å²) in [4.78, 5) is 20.3. The van der Waals surface area contributed by atoms with Gasteiger partial charge in [-0.25, -0.2) is 0 Å². The number of carbonyl (C=O) groups excluding carboxylic acids is 1. The summed E-state index contributed by atoms with van der Waals surface area (Å²) in [5.41, 5.74) is 2.62. The van der Waals surface area contributed by atoms with Gasteiger partial charge in [0.2, 0.25) is 0 Å². The van der Waals surface area contributed by atoms with Crippen molar-refractivity contribution in [1.82, 2.24) is 0 Å². The van der Waals surface area contributed by atoms with Crippen LogP contribution < -0.4 is 9.64 Å². The molecule has 0 spiro atoms. The van der Waals surface area contributed by atoms with E-state index < -0.39 is 14.4 Å². The fourth-order valence-electron chi connectivity index (χ4n) is 3.44. The highest BCUT2D eigenvalue weighted by atomic mass is 35.5. The molecule has 0 saturated carbocycles. The fourth-order valence-corrected chi connectivity index (χ4v) is 5.73. The SMILES string of the molecule is CCCN=C1S/C(=C\c2ccc(OCC(O)CO[Si](C)(C)C(C)(C)C)c(Cl)c2)C(=O)N1c1ccccc1C. The Morgan fingerprint density at radius 3 is 2.53 bits per heavy atom. The second-order valence-corrected chi connectivity index (χ2v) is 17.2. The number of amides is 1.